The van der Waals surface area contributed by atoms with Crippen LogP contribution in [0.3, 0.4) is 0 Å². The second kappa shape index (κ2) is 5.27. The summed E-state index contributed by atoms with van der Waals surface area (Å²) in [4.78, 5) is 0. The van der Waals surface area contributed by atoms with Crippen LogP contribution in [-0.4, -0.2) is 6.04 Å². The summed E-state index contributed by atoms with van der Waals surface area (Å²) in [6.45, 7) is 6.41. The van der Waals surface area contributed by atoms with Crippen LogP contribution in [-0.2, 0) is 6.54 Å². The largest absolute Gasteiger partial charge is 0.307 e. The Labute approximate surface area is 92.1 Å². The molecule has 0 heterocycles. The van der Waals surface area contributed by atoms with E-state index in [-0.39, 0.29) is 11.9 Å². The molecule has 1 N–H and O–H groups in total. The summed E-state index contributed by atoms with van der Waals surface area (Å²) < 4.78 is 13.4. The standard InChI is InChI=1S/C11H13BrFN/c1-3-8(2)14-7-9-4-5-11(13)10(12)6-9/h3-6,8,14H,1,7H2,2H3. The Hall–Kier alpha value is -0.670. The maximum Gasteiger partial charge on any atom is 0.137 e. The van der Waals surface area contributed by atoms with Crippen LogP contribution in [0.4, 0.5) is 4.39 Å². The van der Waals surface area contributed by atoms with Crippen molar-refractivity contribution in [2.24, 2.45) is 0 Å². The SMILES string of the molecule is C=CC(C)NCc1ccc(F)c(Br)c1. The Morgan fingerprint density at radius 3 is 2.93 bits per heavy atom. The number of rotatable bonds is 4. The third-order valence-electron chi connectivity index (χ3n) is 1.97. The fourth-order valence-electron chi connectivity index (χ4n) is 1.01. The van der Waals surface area contributed by atoms with E-state index in [0.717, 1.165) is 5.56 Å². The summed E-state index contributed by atoms with van der Waals surface area (Å²) in [5, 5.41) is 3.23. The van der Waals surface area contributed by atoms with Crippen LogP contribution >= 0.6 is 15.9 Å². The first-order valence-corrected chi connectivity index (χ1v) is 5.22. The van der Waals surface area contributed by atoms with Gasteiger partial charge in [0.2, 0.25) is 0 Å². The number of hydrogen-bond acceptors (Lipinski definition) is 1. The second-order valence-electron chi connectivity index (χ2n) is 3.15. The molecule has 3 heteroatoms. The van der Waals surface area contributed by atoms with Crippen molar-refractivity contribution in [2.45, 2.75) is 19.5 Å². The second-order valence-corrected chi connectivity index (χ2v) is 4.01. The maximum absolute atomic E-state index is 12.9. The summed E-state index contributed by atoms with van der Waals surface area (Å²) in [6, 6.07) is 5.26. The molecular weight excluding hydrogens is 245 g/mol. The highest BCUT2D eigenvalue weighted by atomic mass is 79.9. The highest BCUT2D eigenvalue weighted by Crippen LogP contribution is 2.16. The molecule has 0 radical (unpaired) electrons. The molecule has 0 aliphatic rings. The van der Waals surface area contributed by atoms with Gasteiger partial charge in [-0.05, 0) is 40.5 Å². The predicted octanol–water partition coefficient (Wildman–Crippen LogP) is 3.25. The van der Waals surface area contributed by atoms with Gasteiger partial charge in [-0.25, -0.2) is 4.39 Å². The van der Waals surface area contributed by atoms with Gasteiger partial charge in [0.25, 0.3) is 0 Å². The zero-order valence-corrected chi connectivity index (χ0v) is 9.64. The fraction of sp³-hybridized carbons (Fsp3) is 0.273. The molecule has 0 aliphatic heterocycles. The molecule has 0 aliphatic carbocycles. The normalized spacial score (nSPS) is 12.5. The van der Waals surface area contributed by atoms with Crippen molar-refractivity contribution in [2.75, 3.05) is 0 Å². The lowest BCUT2D eigenvalue weighted by molar-refractivity contribution is 0.613. The first-order chi connectivity index (χ1) is 6.63. The van der Waals surface area contributed by atoms with Crippen LogP contribution in [0.5, 0.6) is 0 Å². The van der Waals surface area contributed by atoms with Crippen LogP contribution in [0.2, 0.25) is 0 Å². The molecule has 1 aromatic rings. The number of halogens is 2. The van der Waals surface area contributed by atoms with E-state index in [1.807, 2.05) is 13.0 Å². The Balaban J connectivity index is 2.59. The van der Waals surface area contributed by atoms with Gasteiger partial charge in [0.15, 0.2) is 0 Å². The monoisotopic (exact) mass is 257 g/mol. The molecule has 1 nitrogen and oxygen atoms in total. The summed E-state index contributed by atoms with van der Waals surface area (Å²) in [5.74, 6) is -0.231. The van der Waals surface area contributed by atoms with E-state index >= 15 is 0 Å². The van der Waals surface area contributed by atoms with Gasteiger partial charge in [0.05, 0.1) is 4.47 Å². The third-order valence-corrected chi connectivity index (χ3v) is 2.57. The zero-order chi connectivity index (χ0) is 10.6. The molecule has 0 amide bonds. The first kappa shape index (κ1) is 11.4. The summed E-state index contributed by atoms with van der Waals surface area (Å²) >= 11 is 3.15. The number of nitrogens with one attached hydrogen (secondary N) is 1. The molecule has 0 saturated carbocycles. The van der Waals surface area contributed by atoms with Gasteiger partial charge < -0.3 is 5.32 Å². The van der Waals surface area contributed by atoms with Gasteiger partial charge in [-0.3, -0.25) is 0 Å². The predicted molar refractivity (Wildman–Crippen MR) is 60.6 cm³/mol. The van der Waals surface area contributed by atoms with Gasteiger partial charge in [0, 0.05) is 12.6 Å². The van der Waals surface area contributed by atoms with E-state index in [0.29, 0.717) is 11.0 Å². The lowest BCUT2D eigenvalue weighted by atomic mass is 10.2. The van der Waals surface area contributed by atoms with Crippen molar-refractivity contribution >= 4 is 15.9 Å². The van der Waals surface area contributed by atoms with Crippen molar-refractivity contribution in [3.63, 3.8) is 0 Å². The number of hydrogen-bond donors (Lipinski definition) is 1. The summed E-state index contributed by atoms with van der Waals surface area (Å²) in [6.07, 6.45) is 1.83. The van der Waals surface area contributed by atoms with Gasteiger partial charge in [-0.1, -0.05) is 12.1 Å². The molecule has 1 rings (SSSR count). The van der Waals surface area contributed by atoms with Crippen molar-refractivity contribution in [1.82, 2.24) is 5.32 Å². The van der Waals surface area contributed by atoms with Crippen molar-refractivity contribution in [3.05, 3.63) is 46.7 Å². The molecule has 14 heavy (non-hydrogen) atoms. The van der Waals surface area contributed by atoms with Crippen LogP contribution < -0.4 is 5.32 Å². The minimum atomic E-state index is -0.231. The third kappa shape index (κ3) is 3.24. The summed E-state index contributed by atoms with van der Waals surface area (Å²) in [7, 11) is 0. The molecular formula is C11H13BrFN. The minimum Gasteiger partial charge on any atom is -0.307 e. The van der Waals surface area contributed by atoms with E-state index in [1.165, 1.54) is 6.07 Å². The van der Waals surface area contributed by atoms with Gasteiger partial charge in [0.1, 0.15) is 5.82 Å². The molecule has 1 atom stereocenters. The minimum absolute atomic E-state index is 0.231. The van der Waals surface area contributed by atoms with Crippen molar-refractivity contribution in [3.8, 4) is 0 Å². The maximum atomic E-state index is 12.9. The van der Waals surface area contributed by atoms with Crippen LogP contribution in [0, 0.1) is 5.82 Å². The summed E-state index contributed by atoms with van der Waals surface area (Å²) in [5.41, 5.74) is 1.05. The van der Waals surface area contributed by atoms with Crippen LogP contribution in [0.15, 0.2) is 35.3 Å². The quantitative estimate of drug-likeness (QED) is 0.817. The molecule has 0 fully saturated rings. The lowest BCUT2D eigenvalue weighted by Gasteiger charge is -2.09. The van der Waals surface area contributed by atoms with Gasteiger partial charge in [-0.2, -0.15) is 0 Å². The van der Waals surface area contributed by atoms with Gasteiger partial charge in [-0.15, -0.1) is 6.58 Å². The highest BCUT2D eigenvalue weighted by Gasteiger charge is 2.01. The smallest absolute Gasteiger partial charge is 0.137 e. The van der Waals surface area contributed by atoms with E-state index < -0.39 is 0 Å². The molecule has 0 aromatic heterocycles. The Morgan fingerprint density at radius 2 is 2.36 bits per heavy atom. The topological polar surface area (TPSA) is 12.0 Å². The average molecular weight is 258 g/mol. The highest BCUT2D eigenvalue weighted by molar-refractivity contribution is 9.10. The molecule has 0 saturated heterocycles. The van der Waals surface area contributed by atoms with Gasteiger partial charge >= 0.3 is 0 Å². The van der Waals surface area contributed by atoms with Crippen LogP contribution in [0.1, 0.15) is 12.5 Å². The fourth-order valence-corrected chi connectivity index (χ4v) is 1.44. The first-order valence-electron chi connectivity index (χ1n) is 4.43. The van der Waals surface area contributed by atoms with Crippen molar-refractivity contribution < 1.29 is 4.39 Å². The van der Waals surface area contributed by atoms with E-state index in [4.69, 9.17) is 0 Å². The molecule has 0 bridgehead atoms. The molecule has 1 aromatic carbocycles. The Kier molecular flexibility index (Phi) is 4.29. The Bertz CT molecular complexity index is 325. The molecule has 76 valence electrons. The molecule has 1 unspecified atom stereocenters. The lowest BCUT2D eigenvalue weighted by Crippen LogP contribution is -2.22. The van der Waals surface area contributed by atoms with E-state index in [1.54, 1.807) is 12.1 Å². The molecule has 0 spiro atoms. The van der Waals surface area contributed by atoms with Crippen LogP contribution in [0.25, 0.3) is 0 Å². The zero-order valence-electron chi connectivity index (χ0n) is 8.06. The average Bonchev–Trinajstić information content (AvgIpc) is 2.19. The number of benzene rings is 1. The Morgan fingerprint density at radius 1 is 1.64 bits per heavy atom. The van der Waals surface area contributed by atoms with E-state index in [9.17, 15) is 4.39 Å². The van der Waals surface area contributed by atoms with E-state index in [2.05, 4.69) is 27.8 Å². The van der Waals surface area contributed by atoms with Crippen molar-refractivity contribution in [1.29, 1.82) is 0 Å².